The molecule has 0 radical (unpaired) electrons. The molecular weight excluding hydrogens is 348 g/mol. The third kappa shape index (κ3) is 3.69. The first-order valence-electron chi connectivity index (χ1n) is 7.29. The van der Waals surface area contributed by atoms with E-state index in [2.05, 4.69) is 10.3 Å². The maximum absolute atomic E-state index is 13.5. The number of benzene rings is 2. The van der Waals surface area contributed by atoms with E-state index >= 15 is 0 Å². The van der Waals surface area contributed by atoms with Gasteiger partial charge >= 0.3 is 0 Å². The molecular formula is C17H13F2N3O2S. The van der Waals surface area contributed by atoms with Gasteiger partial charge in [-0.3, -0.25) is 14.2 Å². The summed E-state index contributed by atoms with van der Waals surface area (Å²) in [7, 11) is 1.57. The standard InChI is InChI=1S/C17H13F2N3O2S/c1-22-16(24)11-4-2-3-5-13(11)21-17(22)25-9-15(23)20-14-7-6-10(18)8-12(14)19/h2-8H,9H2,1H3,(H,20,23). The van der Waals surface area contributed by atoms with E-state index in [4.69, 9.17) is 0 Å². The van der Waals surface area contributed by atoms with Crippen LogP contribution in [-0.4, -0.2) is 21.2 Å². The molecule has 2 aromatic carbocycles. The Morgan fingerprint density at radius 2 is 2.00 bits per heavy atom. The van der Waals surface area contributed by atoms with Crippen molar-refractivity contribution < 1.29 is 13.6 Å². The summed E-state index contributed by atoms with van der Waals surface area (Å²) in [5.41, 5.74) is 0.225. The van der Waals surface area contributed by atoms with Crippen molar-refractivity contribution in [2.75, 3.05) is 11.1 Å². The summed E-state index contributed by atoms with van der Waals surface area (Å²) in [4.78, 5) is 28.6. The van der Waals surface area contributed by atoms with Crippen molar-refractivity contribution in [2.24, 2.45) is 7.05 Å². The molecule has 3 aromatic rings. The van der Waals surface area contributed by atoms with Gasteiger partial charge in [-0.25, -0.2) is 13.8 Å². The van der Waals surface area contributed by atoms with Crippen LogP contribution in [-0.2, 0) is 11.8 Å². The van der Waals surface area contributed by atoms with Crippen LogP contribution in [0, 0.1) is 11.6 Å². The molecule has 0 saturated heterocycles. The molecule has 25 heavy (non-hydrogen) atoms. The predicted molar refractivity (Wildman–Crippen MR) is 92.7 cm³/mol. The lowest BCUT2D eigenvalue weighted by atomic mass is 10.2. The molecule has 3 rings (SSSR count). The Morgan fingerprint density at radius 3 is 2.76 bits per heavy atom. The monoisotopic (exact) mass is 361 g/mol. The summed E-state index contributed by atoms with van der Waals surface area (Å²) < 4.78 is 27.8. The minimum absolute atomic E-state index is 0.0740. The lowest BCUT2D eigenvalue weighted by molar-refractivity contribution is -0.113. The van der Waals surface area contributed by atoms with Crippen molar-refractivity contribution in [1.82, 2.24) is 9.55 Å². The summed E-state index contributed by atoms with van der Waals surface area (Å²) in [6, 6.07) is 9.82. The summed E-state index contributed by atoms with van der Waals surface area (Å²) in [5.74, 6) is -2.14. The highest BCUT2D eigenvalue weighted by Gasteiger charge is 2.12. The van der Waals surface area contributed by atoms with Crippen LogP contribution in [0.4, 0.5) is 14.5 Å². The molecule has 0 aliphatic carbocycles. The molecule has 0 aliphatic rings. The normalized spacial score (nSPS) is 10.8. The number of aromatic nitrogens is 2. The minimum Gasteiger partial charge on any atom is -0.323 e. The highest BCUT2D eigenvalue weighted by Crippen LogP contribution is 2.19. The first-order chi connectivity index (χ1) is 12.0. The Hall–Kier alpha value is -2.74. The highest BCUT2D eigenvalue weighted by molar-refractivity contribution is 7.99. The molecule has 0 atom stereocenters. The van der Waals surface area contributed by atoms with E-state index in [-0.39, 0.29) is 17.0 Å². The number of para-hydroxylation sites is 1. The van der Waals surface area contributed by atoms with E-state index < -0.39 is 17.5 Å². The number of nitrogens with zero attached hydrogens (tertiary/aromatic N) is 2. The fourth-order valence-corrected chi connectivity index (χ4v) is 3.01. The topological polar surface area (TPSA) is 64.0 Å². The second kappa shape index (κ2) is 7.02. The summed E-state index contributed by atoms with van der Waals surface area (Å²) in [6.07, 6.45) is 0. The predicted octanol–water partition coefficient (Wildman–Crippen LogP) is 2.94. The number of fused-ring (bicyclic) bond motifs is 1. The number of nitrogens with one attached hydrogen (secondary N) is 1. The molecule has 1 heterocycles. The zero-order valence-corrected chi connectivity index (χ0v) is 13.9. The third-order valence-corrected chi connectivity index (χ3v) is 4.51. The largest absolute Gasteiger partial charge is 0.323 e. The van der Waals surface area contributed by atoms with Crippen molar-refractivity contribution in [3.05, 3.63) is 64.5 Å². The molecule has 0 bridgehead atoms. The summed E-state index contributed by atoms with van der Waals surface area (Å²) >= 11 is 1.06. The average Bonchev–Trinajstić information content (AvgIpc) is 2.59. The fraction of sp³-hybridized carbons (Fsp3) is 0.118. The van der Waals surface area contributed by atoms with Crippen LogP contribution in [0.15, 0.2) is 52.4 Å². The van der Waals surface area contributed by atoms with Gasteiger partial charge in [0.05, 0.1) is 22.3 Å². The van der Waals surface area contributed by atoms with Crippen LogP contribution < -0.4 is 10.9 Å². The van der Waals surface area contributed by atoms with Crippen LogP contribution in [0.1, 0.15) is 0 Å². The van der Waals surface area contributed by atoms with Gasteiger partial charge in [-0.2, -0.15) is 0 Å². The van der Waals surface area contributed by atoms with E-state index in [1.165, 1.54) is 4.57 Å². The van der Waals surface area contributed by atoms with Crippen molar-refractivity contribution in [1.29, 1.82) is 0 Å². The lowest BCUT2D eigenvalue weighted by Gasteiger charge is -2.09. The van der Waals surface area contributed by atoms with Crippen molar-refractivity contribution in [2.45, 2.75) is 5.16 Å². The van der Waals surface area contributed by atoms with E-state index in [0.717, 1.165) is 23.9 Å². The Labute approximate surface area is 145 Å². The quantitative estimate of drug-likeness (QED) is 0.573. The Balaban J connectivity index is 1.75. The molecule has 0 unspecified atom stereocenters. The number of halogens is 2. The third-order valence-electron chi connectivity index (χ3n) is 3.48. The lowest BCUT2D eigenvalue weighted by Crippen LogP contribution is -2.21. The molecule has 5 nitrogen and oxygen atoms in total. The van der Waals surface area contributed by atoms with Gasteiger partial charge in [0.2, 0.25) is 5.91 Å². The van der Waals surface area contributed by atoms with Gasteiger partial charge in [0.25, 0.3) is 5.56 Å². The first-order valence-corrected chi connectivity index (χ1v) is 8.28. The highest BCUT2D eigenvalue weighted by atomic mass is 32.2. The molecule has 0 saturated carbocycles. The second-order valence-corrected chi connectivity index (χ2v) is 6.18. The zero-order valence-electron chi connectivity index (χ0n) is 13.1. The van der Waals surface area contributed by atoms with Gasteiger partial charge in [-0.05, 0) is 24.3 Å². The molecule has 1 N–H and O–H groups in total. The smallest absolute Gasteiger partial charge is 0.261 e. The van der Waals surface area contributed by atoms with Crippen LogP contribution in [0.2, 0.25) is 0 Å². The molecule has 0 aliphatic heterocycles. The SMILES string of the molecule is Cn1c(SCC(=O)Nc2ccc(F)cc2F)nc2ccccc2c1=O. The van der Waals surface area contributed by atoms with Crippen molar-refractivity contribution in [3.63, 3.8) is 0 Å². The van der Waals surface area contributed by atoms with Gasteiger partial charge in [0, 0.05) is 13.1 Å². The molecule has 0 spiro atoms. The number of anilines is 1. The summed E-state index contributed by atoms with van der Waals surface area (Å²) in [6.45, 7) is 0. The fourth-order valence-electron chi connectivity index (χ4n) is 2.23. The summed E-state index contributed by atoms with van der Waals surface area (Å²) in [5, 5.41) is 3.23. The number of carbonyl (C=O) groups is 1. The number of rotatable bonds is 4. The van der Waals surface area contributed by atoms with Crippen molar-refractivity contribution >= 4 is 34.3 Å². The Kier molecular flexibility index (Phi) is 4.80. The van der Waals surface area contributed by atoms with Gasteiger partial charge < -0.3 is 5.32 Å². The van der Waals surface area contributed by atoms with Crippen molar-refractivity contribution in [3.8, 4) is 0 Å². The number of hydrogen-bond donors (Lipinski definition) is 1. The van der Waals surface area contributed by atoms with E-state index in [1.54, 1.807) is 31.3 Å². The van der Waals surface area contributed by atoms with Crippen LogP contribution in [0.3, 0.4) is 0 Å². The molecule has 1 amide bonds. The average molecular weight is 361 g/mol. The van der Waals surface area contributed by atoms with E-state index in [9.17, 15) is 18.4 Å². The second-order valence-electron chi connectivity index (χ2n) is 5.24. The zero-order chi connectivity index (χ0) is 18.0. The number of thioether (sulfide) groups is 1. The van der Waals surface area contributed by atoms with Crippen LogP contribution in [0.25, 0.3) is 10.9 Å². The Morgan fingerprint density at radius 1 is 1.24 bits per heavy atom. The molecule has 0 fully saturated rings. The van der Waals surface area contributed by atoms with Gasteiger partial charge in [0.15, 0.2) is 5.16 Å². The number of amides is 1. The minimum atomic E-state index is -0.852. The van der Waals surface area contributed by atoms with Crippen LogP contribution in [0.5, 0.6) is 0 Å². The number of carbonyl (C=O) groups excluding carboxylic acids is 1. The van der Waals surface area contributed by atoms with Gasteiger partial charge in [0.1, 0.15) is 11.6 Å². The first kappa shape index (κ1) is 17.1. The van der Waals surface area contributed by atoms with Crippen LogP contribution >= 0.6 is 11.8 Å². The maximum Gasteiger partial charge on any atom is 0.261 e. The number of hydrogen-bond acceptors (Lipinski definition) is 4. The van der Waals surface area contributed by atoms with E-state index in [1.807, 2.05) is 0 Å². The Bertz CT molecular complexity index is 1020. The van der Waals surface area contributed by atoms with Gasteiger partial charge in [-0.1, -0.05) is 23.9 Å². The van der Waals surface area contributed by atoms with E-state index in [0.29, 0.717) is 22.1 Å². The molecule has 1 aromatic heterocycles. The van der Waals surface area contributed by atoms with Gasteiger partial charge in [-0.15, -0.1) is 0 Å². The maximum atomic E-state index is 13.5. The molecule has 128 valence electrons. The molecule has 8 heteroatoms.